The molecule has 0 bridgehead atoms. The van der Waals surface area contributed by atoms with Crippen molar-refractivity contribution in [1.82, 2.24) is 10.4 Å². The Hall–Kier alpha value is -1.69. The number of halogens is 1. The smallest absolute Gasteiger partial charge is 0.140 e. The van der Waals surface area contributed by atoms with Crippen LogP contribution in [0, 0.1) is 0 Å². The quantitative estimate of drug-likeness (QED) is 0.575. The molecule has 3 aromatic rings. The van der Waals surface area contributed by atoms with Crippen LogP contribution in [-0.2, 0) is 0 Å². The van der Waals surface area contributed by atoms with E-state index in [1.807, 2.05) is 36.4 Å². The first-order valence-corrected chi connectivity index (χ1v) is 6.63. The number of hydrogen-bond acceptors (Lipinski definition) is 4. The van der Waals surface area contributed by atoms with E-state index in [1.54, 1.807) is 12.5 Å². The highest BCUT2D eigenvalue weighted by molar-refractivity contribution is 9.10. The van der Waals surface area contributed by atoms with E-state index in [4.69, 9.17) is 10.3 Å². The van der Waals surface area contributed by atoms with Crippen LogP contribution in [0.25, 0.3) is 10.9 Å². The van der Waals surface area contributed by atoms with E-state index in [-0.39, 0.29) is 6.04 Å². The molecule has 96 valence electrons. The Bertz CT molecular complexity index is 705. The van der Waals surface area contributed by atoms with Gasteiger partial charge in [-0.3, -0.25) is 10.8 Å². The maximum absolute atomic E-state index is 5.70. The Labute approximate surface area is 118 Å². The van der Waals surface area contributed by atoms with Gasteiger partial charge in [-0.2, -0.15) is 0 Å². The first-order valence-electron chi connectivity index (χ1n) is 5.84. The highest BCUT2D eigenvalue weighted by Gasteiger charge is 2.20. The summed E-state index contributed by atoms with van der Waals surface area (Å²) in [5.74, 6) is 6.45. The number of nitrogens with zero attached hydrogens (tertiary/aromatic N) is 1. The number of nitrogens with one attached hydrogen (secondary N) is 1. The standard InChI is InChI=1S/C14H12BrN3O/c15-11-6-8-19-14(11)13(18-16)10-3-1-5-12-9(10)4-2-7-17-12/h1-8,13,18H,16H2. The minimum Gasteiger partial charge on any atom is -0.466 e. The van der Waals surface area contributed by atoms with Gasteiger partial charge in [0.05, 0.1) is 16.3 Å². The Kier molecular flexibility index (Phi) is 3.33. The first-order chi connectivity index (χ1) is 9.31. The summed E-state index contributed by atoms with van der Waals surface area (Å²) in [5, 5.41) is 1.05. The predicted molar refractivity (Wildman–Crippen MR) is 77.3 cm³/mol. The van der Waals surface area contributed by atoms with Gasteiger partial charge in [0.15, 0.2) is 0 Å². The van der Waals surface area contributed by atoms with Gasteiger partial charge in [0.1, 0.15) is 11.8 Å². The zero-order valence-corrected chi connectivity index (χ0v) is 11.6. The Morgan fingerprint density at radius 3 is 2.84 bits per heavy atom. The van der Waals surface area contributed by atoms with Crippen molar-refractivity contribution in [2.75, 3.05) is 0 Å². The zero-order valence-electron chi connectivity index (χ0n) is 10.0. The molecule has 0 spiro atoms. The van der Waals surface area contributed by atoms with Crippen molar-refractivity contribution in [3.8, 4) is 0 Å². The summed E-state index contributed by atoms with van der Waals surface area (Å²) in [7, 11) is 0. The number of aromatic nitrogens is 1. The number of hydrogen-bond donors (Lipinski definition) is 2. The molecule has 0 aliphatic heterocycles. The second kappa shape index (κ2) is 5.13. The molecule has 0 amide bonds. The molecule has 1 aromatic carbocycles. The number of fused-ring (bicyclic) bond motifs is 1. The summed E-state index contributed by atoms with van der Waals surface area (Å²) in [5.41, 5.74) is 4.77. The lowest BCUT2D eigenvalue weighted by atomic mass is 10.00. The summed E-state index contributed by atoms with van der Waals surface area (Å²) >= 11 is 3.46. The molecular weight excluding hydrogens is 306 g/mol. The van der Waals surface area contributed by atoms with Crippen molar-refractivity contribution in [2.45, 2.75) is 6.04 Å². The minimum atomic E-state index is -0.225. The molecule has 1 atom stereocenters. The van der Waals surface area contributed by atoms with Gasteiger partial charge in [-0.1, -0.05) is 18.2 Å². The van der Waals surface area contributed by atoms with Crippen molar-refractivity contribution in [3.63, 3.8) is 0 Å². The molecule has 0 fully saturated rings. The van der Waals surface area contributed by atoms with E-state index in [2.05, 4.69) is 26.3 Å². The van der Waals surface area contributed by atoms with Crippen LogP contribution in [-0.4, -0.2) is 4.98 Å². The number of benzene rings is 1. The fourth-order valence-electron chi connectivity index (χ4n) is 2.20. The fraction of sp³-hybridized carbons (Fsp3) is 0.0714. The van der Waals surface area contributed by atoms with Crippen LogP contribution in [0.4, 0.5) is 0 Å². The van der Waals surface area contributed by atoms with E-state index in [9.17, 15) is 0 Å². The third-order valence-electron chi connectivity index (χ3n) is 3.06. The van der Waals surface area contributed by atoms with Gasteiger partial charge in [0.2, 0.25) is 0 Å². The summed E-state index contributed by atoms with van der Waals surface area (Å²) in [6.45, 7) is 0. The Morgan fingerprint density at radius 1 is 1.21 bits per heavy atom. The molecular formula is C14H12BrN3O. The molecule has 0 radical (unpaired) electrons. The molecule has 1 unspecified atom stereocenters. The van der Waals surface area contributed by atoms with E-state index in [0.29, 0.717) is 0 Å². The van der Waals surface area contributed by atoms with Crippen LogP contribution in [0.15, 0.2) is 57.7 Å². The normalized spacial score (nSPS) is 12.7. The molecule has 2 aromatic heterocycles. The second-order valence-corrected chi connectivity index (χ2v) is 5.00. The van der Waals surface area contributed by atoms with Crippen LogP contribution in [0.3, 0.4) is 0 Å². The molecule has 0 saturated heterocycles. The number of nitrogens with two attached hydrogens (primary N) is 1. The second-order valence-electron chi connectivity index (χ2n) is 4.15. The van der Waals surface area contributed by atoms with E-state index in [0.717, 1.165) is 26.7 Å². The highest BCUT2D eigenvalue weighted by atomic mass is 79.9. The zero-order chi connectivity index (χ0) is 13.2. The Balaban J connectivity index is 2.20. The van der Waals surface area contributed by atoms with Crippen LogP contribution in [0.2, 0.25) is 0 Å². The predicted octanol–water partition coefficient (Wildman–Crippen LogP) is 3.14. The van der Waals surface area contributed by atoms with Crippen LogP contribution < -0.4 is 11.3 Å². The molecule has 2 heterocycles. The molecule has 5 heteroatoms. The average Bonchev–Trinajstić information content (AvgIpc) is 2.86. The summed E-state index contributed by atoms with van der Waals surface area (Å²) in [4.78, 5) is 4.35. The van der Waals surface area contributed by atoms with Gasteiger partial charge in [0, 0.05) is 11.6 Å². The highest BCUT2D eigenvalue weighted by Crippen LogP contribution is 2.32. The number of furan rings is 1. The van der Waals surface area contributed by atoms with E-state index < -0.39 is 0 Å². The maximum Gasteiger partial charge on any atom is 0.140 e. The minimum absolute atomic E-state index is 0.225. The summed E-state index contributed by atoms with van der Waals surface area (Å²) in [6.07, 6.45) is 3.41. The monoisotopic (exact) mass is 317 g/mol. The largest absolute Gasteiger partial charge is 0.466 e. The molecule has 0 saturated carbocycles. The van der Waals surface area contributed by atoms with Gasteiger partial charge < -0.3 is 4.42 Å². The number of pyridine rings is 1. The average molecular weight is 318 g/mol. The number of hydrazine groups is 1. The molecule has 0 aliphatic rings. The molecule has 19 heavy (non-hydrogen) atoms. The van der Waals surface area contributed by atoms with Gasteiger partial charge in [0.25, 0.3) is 0 Å². The van der Waals surface area contributed by atoms with Crippen molar-refractivity contribution < 1.29 is 4.42 Å². The lowest BCUT2D eigenvalue weighted by Crippen LogP contribution is -2.29. The summed E-state index contributed by atoms with van der Waals surface area (Å²) < 4.78 is 6.40. The number of rotatable bonds is 3. The summed E-state index contributed by atoms with van der Waals surface area (Å²) in [6, 6.07) is 11.5. The van der Waals surface area contributed by atoms with Gasteiger partial charge in [-0.25, -0.2) is 5.43 Å². The molecule has 4 nitrogen and oxygen atoms in total. The third kappa shape index (κ3) is 2.16. The van der Waals surface area contributed by atoms with Crippen LogP contribution in [0.5, 0.6) is 0 Å². The van der Waals surface area contributed by atoms with Crippen LogP contribution in [0.1, 0.15) is 17.4 Å². The lowest BCUT2D eigenvalue weighted by Gasteiger charge is -2.16. The van der Waals surface area contributed by atoms with Crippen molar-refractivity contribution in [3.05, 3.63) is 64.7 Å². The molecule has 3 rings (SSSR count). The first kappa shape index (κ1) is 12.3. The SMILES string of the molecule is NNC(c1occc1Br)c1cccc2ncccc12. The van der Waals surface area contributed by atoms with E-state index >= 15 is 0 Å². The topological polar surface area (TPSA) is 64.1 Å². The molecule has 3 N–H and O–H groups in total. The van der Waals surface area contributed by atoms with Crippen LogP contribution >= 0.6 is 15.9 Å². The fourth-order valence-corrected chi connectivity index (χ4v) is 2.63. The van der Waals surface area contributed by atoms with Gasteiger partial charge >= 0.3 is 0 Å². The lowest BCUT2D eigenvalue weighted by molar-refractivity contribution is 0.451. The molecule has 0 aliphatic carbocycles. The Morgan fingerprint density at radius 2 is 2.11 bits per heavy atom. The van der Waals surface area contributed by atoms with Crippen molar-refractivity contribution in [2.24, 2.45) is 5.84 Å². The van der Waals surface area contributed by atoms with Crippen molar-refractivity contribution in [1.29, 1.82) is 0 Å². The maximum atomic E-state index is 5.70. The van der Waals surface area contributed by atoms with Gasteiger partial charge in [-0.15, -0.1) is 0 Å². The van der Waals surface area contributed by atoms with Gasteiger partial charge in [-0.05, 0) is 39.7 Å². The van der Waals surface area contributed by atoms with E-state index in [1.165, 1.54) is 0 Å². The third-order valence-corrected chi connectivity index (χ3v) is 3.72. The van der Waals surface area contributed by atoms with Crippen molar-refractivity contribution >= 4 is 26.8 Å².